The summed E-state index contributed by atoms with van der Waals surface area (Å²) in [6, 6.07) is 4.40. The Labute approximate surface area is 121 Å². The number of anilines is 1. The third-order valence-corrected chi connectivity index (χ3v) is 3.42. The number of carbonyl (C=O) groups excluding carboxylic acids is 1. The number of benzene rings is 1. The van der Waals surface area contributed by atoms with Crippen LogP contribution in [0, 0.1) is 0 Å². The second-order valence-corrected chi connectivity index (χ2v) is 5.04. The lowest BCUT2D eigenvalue weighted by atomic mass is 10.2. The molecule has 1 fully saturated rings. The Morgan fingerprint density at radius 2 is 1.76 bits per heavy atom. The fraction of sp³-hybridized carbons (Fsp3) is 0.400. The second-order valence-electron chi connectivity index (χ2n) is 5.04. The number of allylic oxidation sites excluding steroid dienone is 1. The Morgan fingerprint density at radius 1 is 1.19 bits per heavy atom. The predicted octanol–water partition coefficient (Wildman–Crippen LogP) is 3.64. The summed E-state index contributed by atoms with van der Waals surface area (Å²) in [6.45, 7) is 3.74. The number of carbonyl (C=O) groups is 1. The van der Waals surface area contributed by atoms with Crippen molar-refractivity contribution in [2.45, 2.75) is 25.9 Å². The van der Waals surface area contributed by atoms with E-state index < -0.39 is 11.7 Å². The van der Waals surface area contributed by atoms with Crippen molar-refractivity contribution in [1.82, 2.24) is 4.90 Å². The SMILES string of the molecule is C/C(=C/C(=O)Nc1ccc(C(F)(F)F)cc1)N1CCCC1. The average Bonchev–Trinajstić information content (AvgIpc) is 2.92. The van der Waals surface area contributed by atoms with Crippen LogP contribution in [0.3, 0.4) is 0 Å². The molecule has 1 N–H and O–H groups in total. The number of nitrogens with one attached hydrogen (secondary N) is 1. The number of nitrogens with zero attached hydrogens (tertiary/aromatic N) is 1. The molecule has 114 valence electrons. The van der Waals surface area contributed by atoms with Crippen molar-refractivity contribution in [1.29, 1.82) is 0 Å². The van der Waals surface area contributed by atoms with Gasteiger partial charge in [-0.15, -0.1) is 0 Å². The van der Waals surface area contributed by atoms with E-state index in [0.29, 0.717) is 5.69 Å². The molecule has 0 radical (unpaired) electrons. The molecule has 0 atom stereocenters. The van der Waals surface area contributed by atoms with Gasteiger partial charge in [0, 0.05) is 30.5 Å². The molecule has 1 heterocycles. The number of halogens is 3. The van der Waals surface area contributed by atoms with Crippen LogP contribution in [0.5, 0.6) is 0 Å². The van der Waals surface area contributed by atoms with E-state index in [-0.39, 0.29) is 5.91 Å². The zero-order valence-corrected chi connectivity index (χ0v) is 11.7. The smallest absolute Gasteiger partial charge is 0.375 e. The van der Waals surface area contributed by atoms with Gasteiger partial charge >= 0.3 is 6.18 Å². The van der Waals surface area contributed by atoms with E-state index in [9.17, 15) is 18.0 Å². The normalized spacial score (nSPS) is 16.2. The summed E-state index contributed by atoms with van der Waals surface area (Å²) in [5, 5.41) is 2.57. The van der Waals surface area contributed by atoms with E-state index >= 15 is 0 Å². The van der Waals surface area contributed by atoms with Gasteiger partial charge in [0.25, 0.3) is 0 Å². The van der Waals surface area contributed by atoms with Crippen LogP contribution < -0.4 is 5.32 Å². The van der Waals surface area contributed by atoms with E-state index in [1.54, 1.807) is 0 Å². The number of hydrogen-bond donors (Lipinski definition) is 1. The van der Waals surface area contributed by atoms with Gasteiger partial charge in [-0.05, 0) is 44.0 Å². The zero-order chi connectivity index (χ0) is 15.5. The summed E-state index contributed by atoms with van der Waals surface area (Å²) in [5.74, 6) is -0.334. The van der Waals surface area contributed by atoms with Gasteiger partial charge in [-0.1, -0.05) is 0 Å². The summed E-state index contributed by atoms with van der Waals surface area (Å²) >= 11 is 0. The Bertz CT molecular complexity index is 529. The molecule has 0 unspecified atom stereocenters. The van der Waals surface area contributed by atoms with Gasteiger partial charge in [0.05, 0.1) is 5.56 Å². The molecular formula is C15H17F3N2O. The van der Waals surface area contributed by atoms with Crippen LogP contribution in [0.4, 0.5) is 18.9 Å². The first kappa shape index (κ1) is 15.4. The van der Waals surface area contributed by atoms with Crippen LogP contribution in [0.2, 0.25) is 0 Å². The molecule has 2 rings (SSSR count). The Hall–Kier alpha value is -1.98. The number of amides is 1. The van der Waals surface area contributed by atoms with Crippen LogP contribution in [0.1, 0.15) is 25.3 Å². The maximum absolute atomic E-state index is 12.4. The van der Waals surface area contributed by atoms with Gasteiger partial charge in [0.1, 0.15) is 0 Å². The molecule has 0 aromatic heterocycles. The first-order valence-electron chi connectivity index (χ1n) is 6.78. The first-order valence-corrected chi connectivity index (χ1v) is 6.78. The van der Waals surface area contributed by atoms with Crippen molar-refractivity contribution < 1.29 is 18.0 Å². The molecule has 6 heteroatoms. The number of alkyl halides is 3. The van der Waals surface area contributed by atoms with Crippen molar-refractivity contribution in [3.63, 3.8) is 0 Å². The van der Waals surface area contributed by atoms with Gasteiger partial charge in [0.2, 0.25) is 5.91 Å². The summed E-state index contributed by atoms with van der Waals surface area (Å²) < 4.78 is 37.3. The van der Waals surface area contributed by atoms with E-state index in [2.05, 4.69) is 10.2 Å². The molecule has 0 spiro atoms. The summed E-state index contributed by atoms with van der Waals surface area (Å²) in [7, 11) is 0. The van der Waals surface area contributed by atoms with Crippen LogP contribution >= 0.6 is 0 Å². The lowest BCUT2D eigenvalue weighted by Crippen LogP contribution is -2.19. The summed E-state index contributed by atoms with van der Waals surface area (Å²) in [4.78, 5) is 13.9. The molecule has 1 amide bonds. The molecule has 1 aliphatic rings. The Kier molecular flexibility index (Phi) is 4.55. The molecule has 1 aliphatic heterocycles. The maximum atomic E-state index is 12.4. The maximum Gasteiger partial charge on any atom is 0.416 e. The van der Waals surface area contributed by atoms with Gasteiger partial charge in [-0.2, -0.15) is 13.2 Å². The van der Waals surface area contributed by atoms with Gasteiger partial charge in [-0.3, -0.25) is 4.79 Å². The highest BCUT2D eigenvalue weighted by atomic mass is 19.4. The molecular weight excluding hydrogens is 281 g/mol. The van der Waals surface area contributed by atoms with Crippen LogP contribution in [-0.2, 0) is 11.0 Å². The number of rotatable bonds is 3. The molecule has 0 aliphatic carbocycles. The topological polar surface area (TPSA) is 32.3 Å². The lowest BCUT2D eigenvalue weighted by molar-refractivity contribution is -0.137. The predicted molar refractivity (Wildman–Crippen MR) is 74.6 cm³/mol. The van der Waals surface area contributed by atoms with Gasteiger partial charge in [0.15, 0.2) is 0 Å². The van der Waals surface area contributed by atoms with Crippen LogP contribution in [0.25, 0.3) is 0 Å². The number of likely N-dealkylation sites (tertiary alicyclic amines) is 1. The fourth-order valence-electron chi connectivity index (χ4n) is 2.27. The van der Waals surface area contributed by atoms with Crippen molar-refractivity contribution in [3.05, 3.63) is 41.6 Å². The average molecular weight is 298 g/mol. The van der Waals surface area contributed by atoms with Crippen molar-refractivity contribution in [3.8, 4) is 0 Å². The highest BCUT2D eigenvalue weighted by Crippen LogP contribution is 2.29. The molecule has 0 saturated carbocycles. The van der Waals surface area contributed by atoms with E-state index in [4.69, 9.17) is 0 Å². The minimum atomic E-state index is -4.37. The summed E-state index contributed by atoms with van der Waals surface area (Å²) in [5.41, 5.74) is 0.486. The second kappa shape index (κ2) is 6.20. The van der Waals surface area contributed by atoms with Crippen LogP contribution in [-0.4, -0.2) is 23.9 Å². The van der Waals surface area contributed by atoms with Gasteiger partial charge < -0.3 is 10.2 Å². The molecule has 0 bridgehead atoms. The number of hydrogen-bond acceptors (Lipinski definition) is 2. The fourth-order valence-corrected chi connectivity index (χ4v) is 2.27. The summed E-state index contributed by atoms with van der Waals surface area (Å²) in [6.07, 6.45) is -0.658. The van der Waals surface area contributed by atoms with Crippen LogP contribution in [0.15, 0.2) is 36.0 Å². The molecule has 1 aromatic carbocycles. The Morgan fingerprint density at radius 3 is 2.29 bits per heavy atom. The lowest BCUT2D eigenvalue weighted by Gasteiger charge is -2.17. The van der Waals surface area contributed by atoms with Crippen molar-refractivity contribution >= 4 is 11.6 Å². The quantitative estimate of drug-likeness (QED) is 0.864. The third-order valence-electron chi connectivity index (χ3n) is 3.42. The highest BCUT2D eigenvalue weighted by molar-refractivity contribution is 5.99. The minimum Gasteiger partial charge on any atom is -0.375 e. The standard InChI is InChI=1S/C15H17F3N2O/c1-11(20-8-2-3-9-20)10-14(21)19-13-6-4-12(5-7-13)15(16,17)18/h4-7,10H,2-3,8-9H2,1H3,(H,19,21)/b11-10-. The zero-order valence-electron chi connectivity index (χ0n) is 11.7. The van der Waals surface area contributed by atoms with E-state index in [1.165, 1.54) is 18.2 Å². The van der Waals surface area contributed by atoms with Gasteiger partial charge in [-0.25, -0.2) is 0 Å². The minimum absolute atomic E-state index is 0.334. The monoisotopic (exact) mass is 298 g/mol. The molecule has 21 heavy (non-hydrogen) atoms. The van der Waals surface area contributed by atoms with E-state index in [1.807, 2.05) is 6.92 Å². The molecule has 1 saturated heterocycles. The Balaban J connectivity index is 1.97. The molecule has 1 aromatic rings. The van der Waals surface area contributed by atoms with E-state index in [0.717, 1.165) is 43.8 Å². The third kappa shape index (κ3) is 4.24. The first-order chi connectivity index (χ1) is 9.86. The molecule has 3 nitrogen and oxygen atoms in total. The van der Waals surface area contributed by atoms with Crippen molar-refractivity contribution in [2.24, 2.45) is 0 Å². The van der Waals surface area contributed by atoms with Crippen molar-refractivity contribution in [2.75, 3.05) is 18.4 Å². The largest absolute Gasteiger partial charge is 0.416 e. The highest BCUT2D eigenvalue weighted by Gasteiger charge is 2.29.